The van der Waals surface area contributed by atoms with Crippen LogP contribution in [0.5, 0.6) is 5.75 Å². The van der Waals surface area contributed by atoms with Gasteiger partial charge in [-0.1, -0.05) is 0 Å². The van der Waals surface area contributed by atoms with Gasteiger partial charge in [0.2, 0.25) is 0 Å². The molecule has 0 bridgehead atoms. The predicted molar refractivity (Wildman–Crippen MR) is 121 cm³/mol. The fourth-order valence-corrected chi connectivity index (χ4v) is 3.59. The van der Waals surface area contributed by atoms with Crippen LogP contribution in [0, 0.1) is 5.82 Å². The second-order valence-corrected chi connectivity index (χ2v) is 7.67. The Balaban J connectivity index is 1.72. The van der Waals surface area contributed by atoms with E-state index in [0.717, 1.165) is 10.9 Å². The predicted octanol–water partition coefficient (Wildman–Crippen LogP) is 4.88. The van der Waals surface area contributed by atoms with Gasteiger partial charge in [-0.25, -0.2) is 9.37 Å². The molecule has 0 saturated carbocycles. The molecule has 0 radical (unpaired) electrons. The lowest BCUT2D eigenvalue weighted by atomic mass is 10.1. The summed E-state index contributed by atoms with van der Waals surface area (Å²) in [5.41, 5.74) is 1.96. The van der Waals surface area contributed by atoms with Gasteiger partial charge in [-0.15, -0.1) is 0 Å². The molecule has 0 fully saturated rings. The standard InChI is InChI=1S/C25H24FN3O3/c1-28(2)24-19(13-18-6-9-20(26)14-23(18)27-24)15-29(16-22-5-4-12-32-22)25(30)17-7-10-21(31-3)11-8-17/h4-14H,15-16H2,1-3H3. The van der Waals surface area contributed by atoms with Crippen molar-refractivity contribution in [2.75, 3.05) is 26.1 Å². The van der Waals surface area contributed by atoms with Crippen LogP contribution in [0.4, 0.5) is 10.2 Å². The quantitative estimate of drug-likeness (QED) is 0.416. The third kappa shape index (κ3) is 4.56. The summed E-state index contributed by atoms with van der Waals surface area (Å²) >= 11 is 0. The van der Waals surface area contributed by atoms with Crippen LogP contribution in [0.1, 0.15) is 21.7 Å². The van der Waals surface area contributed by atoms with Crippen molar-refractivity contribution in [1.29, 1.82) is 0 Å². The Bertz CT molecular complexity index is 1220. The van der Waals surface area contributed by atoms with Crippen LogP contribution < -0.4 is 9.64 Å². The van der Waals surface area contributed by atoms with E-state index < -0.39 is 0 Å². The summed E-state index contributed by atoms with van der Waals surface area (Å²) in [5.74, 6) is 1.55. The molecule has 0 saturated heterocycles. The molecule has 0 atom stereocenters. The van der Waals surface area contributed by atoms with Crippen molar-refractivity contribution in [2.24, 2.45) is 0 Å². The number of hydrogen-bond donors (Lipinski definition) is 0. The summed E-state index contributed by atoms with van der Waals surface area (Å²) in [6, 6.07) is 17.1. The van der Waals surface area contributed by atoms with E-state index in [-0.39, 0.29) is 11.7 Å². The van der Waals surface area contributed by atoms with Crippen molar-refractivity contribution in [1.82, 2.24) is 9.88 Å². The van der Waals surface area contributed by atoms with Crippen molar-refractivity contribution in [3.05, 3.63) is 89.6 Å². The molecule has 32 heavy (non-hydrogen) atoms. The van der Waals surface area contributed by atoms with Crippen molar-refractivity contribution < 1.29 is 18.3 Å². The zero-order valence-corrected chi connectivity index (χ0v) is 18.2. The molecular formula is C25H24FN3O3. The van der Waals surface area contributed by atoms with Gasteiger partial charge in [-0.05, 0) is 54.6 Å². The highest BCUT2D eigenvalue weighted by Gasteiger charge is 2.21. The minimum Gasteiger partial charge on any atom is -0.497 e. The number of furan rings is 1. The van der Waals surface area contributed by atoms with E-state index in [2.05, 4.69) is 4.98 Å². The maximum Gasteiger partial charge on any atom is 0.254 e. The van der Waals surface area contributed by atoms with Crippen molar-refractivity contribution in [2.45, 2.75) is 13.1 Å². The van der Waals surface area contributed by atoms with Gasteiger partial charge in [0.1, 0.15) is 23.1 Å². The monoisotopic (exact) mass is 433 g/mol. The number of amides is 1. The molecule has 0 unspecified atom stereocenters. The van der Waals surface area contributed by atoms with Gasteiger partial charge in [0.15, 0.2) is 0 Å². The first-order chi connectivity index (χ1) is 15.4. The van der Waals surface area contributed by atoms with E-state index in [1.807, 2.05) is 31.1 Å². The van der Waals surface area contributed by atoms with Crippen LogP contribution in [-0.2, 0) is 13.1 Å². The first-order valence-electron chi connectivity index (χ1n) is 10.2. The summed E-state index contributed by atoms with van der Waals surface area (Å²) < 4.78 is 24.4. The number of rotatable bonds is 7. The van der Waals surface area contributed by atoms with Gasteiger partial charge in [0.05, 0.1) is 32.0 Å². The van der Waals surface area contributed by atoms with E-state index in [1.165, 1.54) is 12.1 Å². The van der Waals surface area contributed by atoms with Gasteiger partial charge in [0.25, 0.3) is 5.91 Å². The molecule has 6 nitrogen and oxygen atoms in total. The molecule has 2 aromatic heterocycles. The van der Waals surface area contributed by atoms with Crippen LogP contribution in [0.2, 0.25) is 0 Å². The van der Waals surface area contributed by atoms with E-state index in [0.29, 0.717) is 41.5 Å². The highest BCUT2D eigenvalue weighted by atomic mass is 19.1. The fourth-order valence-electron chi connectivity index (χ4n) is 3.59. The summed E-state index contributed by atoms with van der Waals surface area (Å²) in [7, 11) is 5.33. The summed E-state index contributed by atoms with van der Waals surface area (Å²) in [4.78, 5) is 21.6. The smallest absolute Gasteiger partial charge is 0.254 e. The lowest BCUT2D eigenvalue weighted by Crippen LogP contribution is -2.31. The molecule has 164 valence electrons. The molecule has 4 aromatic rings. The minimum absolute atomic E-state index is 0.145. The molecule has 0 aliphatic heterocycles. The topological polar surface area (TPSA) is 58.8 Å². The Morgan fingerprint density at radius 2 is 1.84 bits per heavy atom. The van der Waals surface area contributed by atoms with Gasteiger partial charge in [0, 0.05) is 36.7 Å². The van der Waals surface area contributed by atoms with Gasteiger partial charge < -0.3 is 19.0 Å². The highest BCUT2D eigenvalue weighted by Crippen LogP contribution is 2.26. The number of aromatic nitrogens is 1. The third-order valence-electron chi connectivity index (χ3n) is 5.17. The maximum atomic E-state index is 13.7. The number of fused-ring (bicyclic) bond motifs is 1. The summed E-state index contributed by atoms with van der Waals surface area (Å²) in [6.07, 6.45) is 1.59. The second kappa shape index (κ2) is 9.09. The SMILES string of the molecule is COc1ccc(C(=O)N(Cc2ccco2)Cc2cc3ccc(F)cc3nc2N(C)C)cc1. The van der Waals surface area contributed by atoms with E-state index in [4.69, 9.17) is 9.15 Å². The molecular weight excluding hydrogens is 409 g/mol. The molecule has 7 heteroatoms. The average Bonchev–Trinajstić information content (AvgIpc) is 3.31. The molecule has 1 amide bonds. The summed E-state index contributed by atoms with van der Waals surface area (Å²) in [6.45, 7) is 0.603. The fraction of sp³-hybridized carbons (Fsp3) is 0.200. The lowest BCUT2D eigenvalue weighted by Gasteiger charge is -2.25. The second-order valence-electron chi connectivity index (χ2n) is 7.67. The number of hydrogen-bond acceptors (Lipinski definition) is 5. The number of nitrogens with zero attached hydrogens (tertiary/aromatic N) is 3. The summed E-state index contributed by atoms with van der Waals surface area (Å²) in [5, 5.41) is 0.807. The Morgan fingerprint density at radius 1 is 1.06 bits per heavy atom. The van der Waals surface area contributed by atoms with Gasteiger partial charge >= 0.3 is 0 Å². The normalized spacial score (nSPS) is 10.9. The average molecular weight is 433 g/mol. The number of carbonyl (C=O) groups is 1. The number of anilines is 1. The van der Waals surface area contributed by atoms with Crippen LogP contribution in [-0.4, -0.2) is 37.0 Å². The minimum atomic E-state index is -0.336. The Morgan fingerprint density at radius 3 is 2.50 bits per heavy atom. The molecule has 2 aromatic carbocycles. The van der Waals surface area contributed by atoms with Gasteiger partial charge in [-0.2, -0.15) is 0 Å². The van der Waals surface area contributed by atoms with Crippen molar-refractivity contribution in [3.8, 4) is 5.75 Å². The molecule has 0 N–H and O–H groups in total. The Kier molecular flexibility index (Phi) is 6.07. The van der Waals surface area contributed by atoms with Crippen LogP contribution in [0.25, 0.3) is 10.9 Å². The van der Waals surface area contributed by atoms with Crippen molar-refractivity contribution >= 4 is 22.6 Å². The number of halogens is 1. The first-order valence-corrected chi connectivity index (χ1v) is 10.2. The molecule has 2 heterocycles. The number of carbonyl (C=O) groups excluding carboxylic acids is 1. The number of benzene rings is 2. The van der Waals surface area contributed by atoms with Crippen LogP contribution >= 0.6 is 0 Å². The molecule has 0 spiro atoms. The van der Waals surface area contributed by atoms with E-state index in [1.54, 1.807) is 54.7 Å². The Hall–Kier alpha value is -3.87. The lowest BCUT2D eigenvalue weighted by molar-refractivity contribution is 0.0718. The largest absolute Gasteiger partial charge is 0.497 e. The van der Waals surface area contributed by atoms with E-state index in [9.17, 15) is 9.18 Å². The maximum absolute atomic E-state index is 13.7. The molecule has 4 rings (SSSR count). The molecule has 0 aliphatic rings. The van der Waals surface area contributed by atoms with Gasteiger partial charge in [-0.3, -0.25) is 4.79 Å². The number of pyridine rings is 1. The molecule has 0 aliphatic carbocycles. The van der Waals surface area contributed by atoms with Crippen LogP contribution in [0.15, 0.2) is 71.3 Å². The van der Waals surface area contributed by atoms with Crippen molar-refractivity contribution in [3.63, 3.8) is 0 Å². The van der Waals surface area contributed by atoms with Crippen LogP contribution in [0.3, 0.4) is 0 Å². The highest BCUT2D eigenvalue weighted by molar-refractivity contribution is 5.94. The Labute approximate surface area is 185 Å². The first kappa shape index (κ1) is 21.4. The van der Waals surface area contributed by atoms with E-state index >= 15 is 0 Å². The number of methoxy groups -OCH3 is 1. The zero-order valence-electron chi connectivity index (χ0n) is 18.2. The third-order valence-corrected chi connectivity index (χ3v) is 5.17. The number of ether oxygens (including phenoxy) is 1. The zero-order chi connectivity index (χ0) is 22.7.